The van der Waals surface area contributed by atoms with Gasteiger partial charge in [0.2, 0.25) is 5.91 Å². The van der Waals surface area contributed by atoms with E-state index in [0.29, 0.717) is 34.1 Å². The lowest BCUT2D eigenvalue weighted by atomic mass is 9.79. The lowest BCUT2D eigenvalue weighted by Crippen LogP contribution is -2.45. The summed E-state index contributed by atoms with van der Waals surface area (Å²) in [7, 11) is 1.53. The van der Waals surface area contributed by atoms with Crippen LogP contribution in [0.4, 0.5) is 18.9 Å². The Morgan fingerprint density at radius 3 is 2.26 bits per heavy atom. The first-order chi connectivity index (χ1) is 18.4. The Labute approximate surface area is 217 Å². The Morgan fingerprint density at radius 1 is 0.895 bits per heavy atom. The van der Waals surface area contributed by atoms with Crippen LogP contribution in [-0.2, 0) is 11.3 Å². The zero-order chi connectivity index (χ0) is 26.8. The van der Waals surface area contributed by atoms with Gasteiger partial charge in [0.05, 0.1) is 24.8 Å². The number of anilines is 1. The largest absolute Gasteiger partial charge is 0.497 e. The molecular formula is C30H23F3N2O3. The molecule has 0 saturated heterocycles. The summed E-state index contributed by atoms with van der Waals surface area (Å²) in [5, 5.41) is 2.58. The minimum absolute atomic E-state index is 0.0961. The average Bonchev–Trinajstić information content (AvgIpc) is 2.93. The van der Waals surface area contributed by atoms with Gasteiger partial charge in [-0.3, -0.25) is 9.59 Å². The zero-order valence-electron chi connectivity index (χ0n) is 20.3. The van der Waals surface area contributed by atoms with Crippen LogP contribution in [0, 0.1) is 17.5 Å². The average molecular weight is 517 g/mol. The van der Waals surface area contributed by atoms with E-state index in [1.165, 1.54) is 19.2 Å². The van der Waals surface area contributed by atoms with E-state index in [4.69, 9.17) is 4.74 Å². The predicted molar refractivity (Wildman–Crippen MR) is 136 cm³/mol. The molecular weight excluding hydrogens is 493 g/mol. The molecule has 0 unspecified atom stereocenters. The van der Waals surface area contributed by atoms with Gasteiger partial charge < -0.3 is 15.0 Å². The van der Waals surface area contributed by atoms with Crippen LogP contribution in [0.5, 0.6) is 5.75 Å². The summed E-state index contributed by atoms with van der Waals surface area (Å²) < 4.78 is 46.8. The van der Waals surface area contributed by atoms with Crippen LogP contribution in [0.25, 0.3) is 0 Å². The van der Waals surface area contributed by atoms with Gasteiger partial charge in [0.15, 0.2) is 0 Å². The highest BCUT2D eigenvalue weighted by molar-refractivity contribution is 6.04. The van der Waals surface area contributed by atoms with Crippen molar-refractivity contribution in [2.45, 2.75) is 18.5 Å². The molecule has 4 aromatic rings. The molecule has 1 aliphatic rings. The van der Waals surface area contributed by atoms with Gasteiger partial charge in [-0.1, -0.05) is 42.5 Å². The third-order valence-corrected chi connectivity index (χ3v) is 6.63. The number of halogens is 3. The SMILES string of the molecule is COc1ccc([C@H]2[C@@H](C(=O)Nc3ccc(F)cc3F)c3ccccc3C(=O)N2Cc2ccc(F)cc2)cc1. The van der Waals surface area contributed by atoms with Crippen LogP contribution >= 0.6 is 0 Å². The molecule has 1 N–H and O–H groups in total. The van der Waals surface area contributed by atoms with Crippen molar-refractivity contribution < 1.29 is 27.5 Å². The summed E-state index contributed by atoms with van der Waals surface area (Å²) >= 11 is 0. The van der Waals surface area contributed by atoms with Gasteiger partial charge in [-0.05, 0) is 59.2 Å². The first-order valence-corrected chi connectivity index (χ1v) is 11.9. The Balaban J connectivity index is 1.64. The number of ether oxygens (including phenoxy) is 1. The molecule has 192 valence electrons. The lowest BCUT2D eigenvalue weighted by molar-refractivity contribution is -0.119. The van der Waals surface area contributed by atoms with Crippen LogP contribution in [0.3, 0.4) is 0 Å². The van der Waals surface area contributed by atoms with Crippen molar-refractivity contribution in [3.8, 4) is 5.75 Å². The number of amides is 2. The van der Waals surface area contributed by atoms with Crippen LogP contribution < -0.4 is 10.1 Å². The maximum absolute atomic E-state index is 14.5. The maximum atomic E-state index is 14.5. The molecule has 0 aromatic heterocycles. The molecule has 0 radical (unpaired) electrons. The molecule has 38 heavy (non-hydrogen) atoms. The van der Waals surface area contributed by atoms with E-state index in [-0.39, 0.29) is 18.1 Å². The van der Waals surface area contributed by atoms with E-state index in [0.717, 1.165) is 12.1 Å². The minimum Gasteiger partial charge on any atom is -0.497 e. The second-order valence-electron chi connectivity index (χ2n) is 8.96. The molecule has 4 aromatic carbocycles. The highest BCUT2D eigenvalue weighted by Gasteiger charge is 2.44. The van der Waals surface area contributed by atoms with Crippen LogP contribution in [0.15, 0.2) is 91.0 Å². The molecule has 0 aliphatic carbocycles. The molecule has 0 bridgehead atoms. The molecule has 0 saturated carbocycles. The number of hydrogen-bond acceptors (Lipinski definition) is 3. The minimum atomic E-state index is -0.942. The van der Waals surface area contributed by atoms with Crippen molar-refractivity contribution in [1.29, 1.82) is 0 Å². The quantitative estimate of drug-likeness (QED) is 0.331. The summed E-state index contributed by atoms with van der Waals surface area (Å²) in [5.74, 6) is -3.31. The maximum Gasteiger partial charge on any atom is 0.255 e. The summed E-state index contributed by atoms with van der Waals surface area (Å²) in [5.41, 5.74) is 1.95. The van der Waals surface area contributed by atoms with Crippen molar-refractivity contribution in [3.05, 3.63) is 131 Å². The molecule has 0 fully saturated rings. The highest BCUT2D eigenvalue weighted by Crippen LogP contribution is 2.44. The highest BCUT2D eigenvalue weighted by atomic mass is 19.1. The van der Waals surface area contributed by atoms with Crippen molar-refractivity contribution in [3.63, 3.8) is 0 Å². The second kappa shape index (κ2) is 10.4. The Morgan fingerprint density at radius 2 is 1.58 bits per heavy atom. The van der Waals surface area contributed by atoms with Crippen LogP contribution in [-0.4, -0.2) is 23.8 Å². The fraction of sp³-hybridized carbons (Fsp3) is 0.133. The molecule has 2 atom stereocenters. The van der Waals surface area contributed by atoms with E-state index < -0.39 is 35.3 Å². The predicted octanol–water partition coefficient (Wildman–Crippen LogP) is 6.23. The number of nitrogens with zero attached hydrogens (tertiary/aromatic N) is 1. The fourth-order valence-electron chi connectivity index (χ4n) is 4.81. The normalized spacial score (nSPS) is 16.6. The third-order valence-electron chi connectivity index (χ3n) is 6.63. The molecule has 5 nitrogen and oxygen atoms in total. The third kappa shape index (κ3) is 4.85. The molecule has 0 spiro atoms. The number of hydrogen-bond donors (Lipinski definition) is 1. The lowest BCUT2D eigenvalue weighted by Gasteiger charge is -2.42. The van der Waals surface area contributed by atoms with Gasteiger partial charge in [-0.15, -0.1) is 0 Å². The number of rotatable bonds is 6. The van der Waals surface area contributed by atoms with E-state index in [1.54, 1.807) is 65.6 Å². The van der Waals surface area contributed by atoms with Crippen molar-refractivity contribution in [2.24, 2.45) is 0 Å². The summed E-state index contributed by atoms with van der Waals surface area (Å²) in [6.45, 7) is 0.0961. The Hall–Kier alpha value is -4.59. The van der Waals surface area contributed by atoms with Crippen molar-refractivity contribution in [2.75, 3.05) is 12.4 Å². The van der Waals surface area contributed by atoms with Crippen molar-refractivity contribution >= 4 is 17.5 Å². The molecule has 5 rings (SSSR count). The first-order valence-electron chi connectivity index (χ1n) is 11.9. The van der Waals surface area contributed by atoms with Gasteiger partial charge in [0, 0.05) is 18.2 Å². The Bertz CT molecular complexity index is 1490. The smallest absolute Gasteiger partial charge is 0.255 e. The van der Waals surface area contributed by atoms with Crippen molar-refractivity contribution in [1.82, 2.24) is 4.90 Å². The number of benzene rings is 4. The van der Waals surface area contributed by atoms with Gasteiger partial charge >= 0.3 is 0 Å². The standard InChI is InChI=1S/C30H23F3N2O3/c1-38-22-13-8-19(9-14-22)28-27(29(36)34-26-15-12-21(32)16-25(26)33)23-4-2-3-5-24(23)30(37)35(28)17-18-6-10-20(31)11-7-18/h2-16,27-28H,17H2,1H3,(H,34,36)/t27-,28-/m0/s1. The number of carbonyl (C=O) groups excluding carboxylic acids is 2. The monoisotopic (exact) mass is 516 g/mol. The van der Waals surface area contributed by atoms with E-state index in [9.17, 15) is 22.8 Å². The molecule has 1 heterocycles. The summed E-state index contributed by atoms with van der Waals surface area (Å²) in [4.78, 5) is 29.2. The number of fused-ring (bicyclic) bond motifs is 1. The van der Waals surface area contributed by atoms with Crippen LogP contribution in [0.1, 0.15) is 39.0 Å². The van der Waals surface area contributed by atoms with E-state index >= 15 is 0 Å². The molecule has 1 aliphatic heterocycles. The number of methoxy groups -OCH3 is 1. The van der Waals surface area contributed by atoms with E-state index in [1.807, 2.05) is 0 Å². The summed E-state index contributed by atoms with van der Waals surface area (Å²) in [6.07, 6.45) is 0. The molecule has 8 heteroatoms. The first kappa shape index (κ1) is 25.1. The van der Waals surface area contributed by atoms with Gasteiger partial charge in [0.1, 0.15) is 23.2 Å². The van der Waals surface area contributed by atoms with Gasteiger partial charge in [-0.2, -0.15) is 0 Å². The topological polar surface area (TPSA) is 58.6 Å². The van der Waals surface area contributed by atoms with Gasteiger partial charge in [-0.25, -0.2) is 13.2 Å². The Kier molecular flexibility index (Phi) is 6.87. The number of nitrogens with one attached hydrogen (secondary N) is 1. The molecule has 2 amide bonds. The number of carbonyl (C=O) groups is 2. The second-order valence-corrected chi connectivity index (χ2v) is 8.96. The van der Waals surface area contributed by atoms with E-state index in [2.05, 4.69) is 5.32 Å². The van der Waals surface area contributed by atoms with Gasteiger partial charge in [0.25, 0.3) is 5.91 Å². The fourth-order valence-corrected chi connectivity index (χ4v) is 4.81. The zero-order valence-corrected chi connectivity index (χ0v) is 20.3. The van der Waals surface area contributed by atoms with Crippen LogP contribution in [0.2, 0.25) is 0 Å². The summed E-state index contributed by atoms with van der Waals surface area (Å²) in [6, 6.07) is 21.6.